The number of hydrogen-bond acceptors (Lipinski definition) is 3. The van der Waals surface area contributed by atoms with Crippen molar-refractivity contribution in [2.75, 3.05) is 6.54 Å². The van der Waals surface area contributed by atoms with Gasteiger partial charge in [0, 0.05) is 25.0 Å². The maximum absolute atomic E-state index is 11.6. The zero-order valence-corrected chi connectivity index (χ0v) is 9.91. The second-order valence-corrected chi connectivity index (χ2v) is 5.33. The van der Waals surface area contributed by atoms with Gasteiger partial charge >= 0.3 is 0 Å². The van der Waals surface area contributed by atoms with E-state index < -0.39 is 6.10 Å². The fraction of sp³-hybridized carbons (Fsp3) is 0.917. The summed E-state index contributed by atoms with van der Waals surface area (Å²) in [5.41, 5.74) is 0. The van der Waals surface area contributed by atoms with Crippen molar-refractivity contribution < 1.29 is 9.90 Å². The summed E-state index contributed by atoms with van der Waals surface area (Å²) in [6.07, 6.45) is 5.00. The quantitative estimate of drug-likeness (QED) is 0.650. The lowest BCUT2D eigenvalue weighted by Gasteiger charge is -2.28. The van der Waals surface area contributed by atoms with Crippen LogP contribution in [0.25, 0.3) is 0 Å². The van der Waals surface area contributed by atoms with Crippen LogP contribution in [-0.4, -0.2) is 35.7 Å². The molecule has 0 aromatic carbocycles. The van der Waals surface area contributed by atoms with Crippen molar-refractivity contribution in [1.29, 1.82) is 0 Å². The molecule has 16 heavy (non-hydrogen) atoms. The molecular weight excluding hydrogens is 204 g/mol. The van der Waals surface area contributed by atoms with Crippen molar-refractivity contribution in [2.45, 2.75) is 57.2 Å². The summed E-state index contributed by atoms with van der Waals surface area (Å²) in [6.45, 7) is 2.06. The van der Waals surface area contributed by atoms with Gasteiger partial charge in [0.05, 0.1) is 6.10 Å². The molecule has 0 spiro atoms. The molecule has 1 amide bonds. The van der Waals surface area contributed by atoms with Crippen LogP contribution in [0.3, 0.4) is 0 Å². The first-order valence-corrected chi connectivity index (χ1v) is 6.34. The lowest BCUT2D eigenvalue weighted by Crippen LogP contribution is -2.40. The molecule has 0 aliphatic carbocycles. The number of piperidine rings is 1. The monoisotopic (exact) mass is 226 g/mol. The number of nitrogens with one attached hydrogen (secondary N) is 2. The molecule has 0 aromatic heterocycles. The van der Waals surface area contributed by atoms with Crippen molar-refractivity contribution in [3.05, 3.63) is 0 Å². The predicted molar refractivity (Wildman–Crippen MR) is 62.0 cm³/mol. The third-order valence-electron chi connectivity index (χ3n) is 3.64. The van der Waals surface area contributed by atoms with Crippen molar-refractivity contribution >= 4 is 5.91 Å². The Kier molecular flexibility index (Phi) is 3.82. The lowest BCUT2D eigenvalue weighted by molar-refractivity contribution is -0.122. The third kappa shape index (κ3) is 3.19. The van der Waals surface area contributed by atoms with Crippen molar-refractivity contribution in [3.63, 3.8) is 0 Å². The molecule has 3 N–H and O–H groups in total. The summed E-state index contributed by atoms with van der Waals surface area (Å²) >= 11 is 0. The minimum atomic E-state index is -0.451. The lowest BCUT2D eigenvalue weighted by atomic mass is 9.89. The van der Waals surface area contributed by atoms with E-state index in [0.29, 0.717) is 31.0 Å². The highest BCUT2D eigenvalue weighted by atomic mass is 16.3. The molecule has 2 saturated heterocycles. The van der Waals surface area contributed by atoms with Crippen LogP contribution in [0.1, 0.15) is 39.0 Å². The Balaban J connectivity index is 1.71. The minimum absolute atomic E-state index is 0.0900. The van der Waals surface area contributed by atoms with E-state index in [1.807, 2.05) is 0 Å². The average Bonchev–Trinajstić information content (AvgIpc) is 2.55. The van der Waals surface area contributed by atoms with Crippen LogP contribution in [0.2, 0.25) is 0 Å². The Labute approximate surface area is 96.8 Å². The van der Waals surface area contributed by atoms with Gasteiger partial charge in [-0.2, -0.15) is 0 Å². The van der Waals surface area contributed by atoms with Gasteiger partial charge in [-0.15, -0.1) is 0 Å². The minimum Gasteiger partial charge on any atom is -0.392 e. The first-order valence-electron chi connectivity index (χ1n) is 6.34. The Morgan fingerprint density at radius 1 is 1.44 bits per heavy atom. The number of hydrogen-bond donors (Lipinski definition) is 3. The topological polar surface area (TPSA) is 61.4 Å². The molecule has 3 atom stereocenters. The van der Waals surface area contributed by atoms with Crippen molar-refractivity contribution in [2.24, 2.45) is 5.92 Å². The van der Waals surface area contributed by atoms with E-state index in [1.54, 1.807) is 6.92 Å². The molecule has 92 valence electrons. The van der Waals surface area contributed by atoms with E-state index in [1.165, 1.54) is 12.8 Å². The third-order valence-corrected chi connectivity index (χ3v) is 3.64. The van der Waals surface area contributed by atoms with E-state index in [2.05, 4.69) is 10.6 Å². The molecule has 2 heterocycles. The zero-order valence-electron chi connectivity index (χ0n) is 9.91. The standard InChI is InChI=1S/C12H22N2O2/c1-8(15)7-13-12(16)6-9-4-10-2-3-11(5-9)14-10/h8-11,14-15H,2-7H2,1H3,(H,13,16). The van der Waals surface area contributed by atoms with E-state index in [4.69, 9.17) is 5.11 Å². The van der Waals surface area contributed by atoms with Crippen LogP contribution in [0, 0.1) is 5.92 Å². The molecule has 2 aliphatic rings. The van der Waals surface area contributed by atoms with Gasteiger partial charge in [-0.05, 0) is 38.5 Å². The molecule has 2 rings (SSSR count). The molecule has 3 unspecified atom stereocenters. The SMILES string of the molecule is CC(O)CNC(=O)CC1CC2CCC(C1)N2. The molecular formula is C12H22N2O2. The van der Waals surface area contributed by atoms with Gasteiger partial charge in [-0.25, -0.2) is 0 Å². The highest BCUT2D eigenvalue weighted by molar-refractivity contribution is 5.76. The van der Waals surface area contributed by atoms with Gasteiger partial charge in [-0.3, -0.25) is 4.79 Å². The molecule has 4 nitrogen and oxygen atoms in total. The maximum atomic E-state index is 11.6. The highest BCUT2D eigenvalue weighted by Crippen LogP contribution is 2.32. The second kappa shape index (κ2) is 5.15. The van der Waals surface area contributed by atoms with Crippen LogP contribution in [-0.2, 0) is 4.79 Å². The van der Waals surface area contributed by atoms with Crippen LogP contribution in [0.5, 0.6) is 0 Å². The predicted octanol–water partition coefficient (Wildman–Crippen LogP) is 0.404. The van der Waals surface area contributed by atoms with Gasteiger partial charge in [0.15, 0.2) is 0 Å². The molecule has 2 aliphatic heterocycles. The first kappa shape index (κ1) is 11.9. The van der Waals surface area contributed by atoms with Crippen LogP contribution >= 0.6 is 0 Å². The van der Waals surface area contributed by atoms with Crippen LogP contribution < -0.4 is 10.6 Å². The summed E-state index contributed by atoms with van der Waals surface area (Å²) in [5, 5.41) is 15.4. The summed E-state index contributed by atoms with van der Waals surface area (Å²) in [7, 11) is 0. The number of rotatable bonds is 4. The summed E-state index contributed by atoms with van der Waals surface area (Å²) < 4.78 is 0. The van der Waals surface area contributed by atoms with Gasteiger partial charge in [0.25, 0.3) is 0 Å². The largest absolute Gasteiger partial charge is 0.392 e. The number of aliphatic hydroxyl groups is 1. The van der Waals surface area contributed by atoms with Gasteiger partial charge < -0.3 is 15.7 Å². The van der Waals surface area contributed by atoms with E-state index >= 15 is 0 Å². The van der Waals surface area contributed by atoms with E-state index in [0.717, 1.165) is 12.8 Å². The van der Waals surface area contributed by atoms with E-state index in [9.17, 15) is 4.79 Å². The number of aliphatic hydroxyl groups excluding tert-OH is 1. The van der Waals surface area contributed by atoms with Crippen molar-refractivity contribution in [3.8, 4) is 0 Å². The summed E-state index contributed by atoms with van der Waals surface area (Å²) in [4.78, 5) is 11.6. The fourth-order valence-corrected chi connectivity index (χ4v) is 2.94. The van der Waals surface area contributed by atoms with Gasteiger partial charge in [0.2, 0.25) is 5.91 Å². The van der Waals surface area contributed by atoms with Gasteiger partial charge in [-0.1, -0.05) is 0 Å². The first-order chi connectivity index (χ1) is 7.63. The number of amides is 1. The van der Waals surface area contributed by atoms with Crippen LogP contribution in [0.15, 0.2) is 0 Å². The Bertz CT molecular complexity index is 243. The highest BCUT2D eigenvalue weighted by Gasteiger charge is 2.34. The normalized spacial score (nSPS) is 34.8. The molecule has 0 saturated carbocycles. The van der Waals surface area contributed by atoms with Gasteiger partial charge in [0.1, 0.15) is 0 Å². The van der Waals surface area contributed by atoms with Crippen molar-refractivity contribution in [1.82, 2.24) is 10.6 Å². The smallest absolute Gasteiger partial charge is 0.220 e. The molecule has 4 heteroatoms. The Hall–Kier alpha value is -0.610. The molecule has 2 fully saturated rings. The molecule has 2 bridgehead atoms. The second-order valence-electron chi connectivity index (χ2n) is 5.33. The molecule has 0 radical (unpaired) electrons. The maximum Gasteiger partial charge on any atom is 0.220 e. The van der Waals surface area contributed by atoms with Crippen LogP contribution in [0.4, 0.5) is 0 Å². The number of carbonyl (C=O) groups excluding carboxylic acids is 1. The summed E-state index contributed by atoms with van der Waals surface area (Å²) in [5.74, 6) is 0.625. The molecule has 0 aromatic rings. The van der Waals surface area contributed by atoms with E-state index in [-0.39, 0.29) is 5.91 Å². The Morgan fingerprint density at radius 3 is 2.62 bits per heavy atom. The zero-order chi connectivity index (χ0) is 11.5. The average molecular weight is 226 g/mol. The number of fused-ring (bicyclic) bond motifs is 2. The summed E-state index contributed by atoms with van der Waals surface area (Å²) in [6, 6.07) is 1.29. The Morgan fingerprint density at radius 2 is 2.06 bits per heavy atom. The number of carbonyl (C=O) groups is 1. The fourth-order valence-electron chi connectivity index (χ4n) is 2.94.